The van der Waals surface area contributed by atoms with Crippen molar-refractivity contribution in [1.82, 2.24) is 9.80 Å². The zero-order valence-electron chi connectivity index (χ0n) is 15.7. The number of amides is 4. The summed E-state index contributed by atoms with van der Waals surface area (Å²) in [5.41, 5.74) is -0.0606. The molecule has 2 aliphatic rings. The number of nitrogens with zero attached hydrogens (tertiary/aromatic N) is 2. The number of carboxylic acids is 2. The number of aliphatic carboxylic acids is 2. The average Bonchev–Trinajstić information content (AvgIpc) is 2.70. The number of imide groups is 2. The number of carbonyl (C=O) groups excluding carboxylic acids is 4. The van der Waals surface area contributed by atoms with Crippen molar-refractivity contribution in [2.45, 2.75) is 25.9 Å². The first-order chi connectivity index (χ1) is 14.1. The summed E-state index contributed by atoms with van der Waals surface area (Å²) in [6.07, 6.45) is 0. The molecule has 0 fully saturated rings. The van der Waals surface area contributed by atoms with Crippen LogP contribution in [0.2, 0.25) is 0 Å². The standard InChI is InChI=1S/C20H14N2O8/c1-7(19(27)28)21-15(23)9-3-5-11-14-12(6-4-10(13(9)14)16(21)24)18(26)22(17(11)25)8(2)20(29)30/h3-8H,1-2H3,(H,27,28)(H,29,30). The van der Waals surface area contributed by atoms with Crippen molar-refractivity contribution < 1.29 is 39.0 Å². The Morgan fingerprint density at radius 2 is 0.867 bits per heavy atom. The van der Waals surface area contributed by atoms with Gasteiger partial charge in [-0.1, -0.05) is 0 Å². The van der Waals surface area contributed by atoms with Crippen LogP contribution >= 0.6 is 0 Å². The molecule has 0 saturated heterocycles. The predicted octanol–water partition coefficient (Wildman–Crippen LogP) is 0.978. The van der Waals surface area contributed by atoms with Gasteiger partial charge in [-0.3, -0.25) is 29.0 Å². The Hall–Kier alpha value is -4.08. The molecule has 152 valence electrons. The van der Waals surface area contributed by atoms with E-state index in [1.165, 1.54) is 38.1 Å². The van der Waals surface area contributed by atoms with Crippen molar-refractivity contribution in [3.05, 3.63) is 46.5 Å². The van der Waals surface area contributed by atoms with Gasteiger partial charge in [0.15, 0.2) is 0 Å². The molecule has 4 amide bonds. The van der Waals surface area contributed by atoms with E-state index < -0.39 is 47.7 Å². The Kier molecular flexibility index (Phi) is 3.98. The lowest BCUT2D eigenvalue weighted by atomic mass is 9.85. The molecule has 30 heavy (non-hydrogen) atoms. The highest BCUT2D eigenvalue weighted by molar-refractivity contribution is 6.33. The highest BCUT2D eigenvalue weighted by Crippen LogP contribution is 2.38. The summed E-state index contributed by atoms with van der Waals surface area (Å²) in [7, 11) is 0. The molecule has 4 rings (SSSR count). The quantitative estimate of drug-likeness (QED) is 0.708. The number of hydrogen-bond acceptors (Lipinski definition) is 6. The Balaban J connectivity index is 1.99. The number of carbonyl (C=O) groups is 6. The molecule has 0 bridgehead atoms. The van der Waals surface area contributed by atoms with Gasteiger partial charge in [0.25, 0.3) is 23.6 Å². The Morgan fingerprint density at radius 1 is 0.633 bits per heavy atom. The molecular formula is C20H14N2O8. The highest BCUT2D eigenvalue weighted by Gasteiger charge is 2.43. The first-order valence-electron chi connectivity index (χ1n) is 8.89. The van der Waals surface area contributed by atoms with Crippen LogP contribution in [0.4, 0.5) is 0 Å². The van der Waals surface area contributed by atoms with Crippen LogP contribution in [0.15, 0.2) is 24.3 Å². The molecule has 2 atom stereocenters. The average molecular weight is 410 g/mol. The zero-order valence-corrected chi connectivity index (χ0v) is 15.7. The molecular weight excluding hydrogens is 396 g/mol. The summed E-state index contributed by atoms with van der Waals surface area (Å²) in [6.45, 7) is 2.40. The van der Waals surface area contributed by atoms with Crippen molar-refractivity contribution in [1.29, 1.82) is 0 Å². The summed E-state index contributed by atoms with van der Waals surface area (Å²) >= 11 is 0. The number of rotatable bonds is 4. The van der Waals surface area contributed by atoms with E-state index >= 15 is 0 Å². The van der Waals surface area contributed by atoms with Crippen LogP contribution < -0.4 is 0 Å². The minimum atomic E-state index is -1.42. The SMILES string of the molecule is CC(C(=O)O)N1C(=O)c2ccc3c4c(ccc(c24)C1=O)C(=O)N(C(C)C(=O)O)C3=O. The van der Waals surface area contributed by atoms with Gasteiger partial charge < -0.3 is 10.2 Å². The third kappa shape index (κ3) is 2.30. The molecule has 0 spiro atoms. The predicted molar refractivity (Wildman–Crippen MR) is 99.1 cm³/mol. The molecule has 0 aliphatic carbocycles. The Labute approximate surface area is 168 Å². The maximum absolute atomic E-state index is 12.9. The molecule has 2 unspecified atom stereocenters. The minimum Gasteiger partial charge on any atom is -0.480 e. The van der Waals surface area contributed by atoms with Crippen LogP contribution in [0.25, 0.3) is 10.8 Å². The van der Waals surface area contributed by atoms with Crippen LogP contribution in [0.3, 0.4) is 0 Å². The number of carboxylic acid groups (broad SMARTS) is 2. The number of benzene rings is 2. The smallest absolute Gasteiger partial charge is 0.326 e. The van der Waals surface area contributed by atoms with Crippen LogP contribution in [0.5, 0.6) is 0 Å². The van der Waals surface area contributed by atoms with Crippen LogP contribution in [0, 0.1) is 0 Å². The second-order valence-electron chi connectivity index (χ2n) is 7.06. The van der Waals surface area contributed by atoms with Gasteiger partial charge in [0.05, 0.1) is 0 Å². The maximum Gasteiger partial charge on any atom is 0.326 e. The lowest BCUT2D eigenvalue weighted by Crippen LogP contribution is -2.51. The van der Waals surface area contributed by atoms with Crippen molar-refractivity contribution in [3.63, 3.8) is 0 Å². The molecule has 10 nitrogen and oxygen atoms in total. The Bertz CT molecular complexity index is 1070. The van der Waals surface area contributed by atoms with E-state index in [-0.39, 0.29) is 33.0 Å². The fourth-order valence-corrected chi connectivity index (χ4v) is 3.84. The third-order valence-electron chi connectivity index (χ3n) is 5.45. The van der Waals surface area contributed by atoms with Crippen molar-refractivity contribution in [2.24, 2.45) is 0 Å². The van der Waals surface area contributed by atoms with Crippen molar-refractivity contribution >= 4 is 46.3 Å². The third-order valence-corrected chi connectivity index (χ3v) is 5.45. The van der Waals surface area contributed by atoms with Gasteiger partial charge in [0.2, 0.25) is 0 Å². The second kappa shape index (κ2) is 6.21. The fraction of sp³-hybridized carbons (Fsp3) is 0.200. The molecule has 10 heteroatoms. The maximum atomic E-state index is 12.9. The summed E-state index contributed by atoms with van der Waals surface area (Å²) in [5.74, 6) is -6.15. The number of hydrogen-bond donors (Lipinski definition) is 2. The molecule has 0 saturated carbocycles. The van der Waals surface area contributed by atoms with Gasteiger partial charge in [-0.2, -0.15) is 0 Å². The van der Waals surface area contributed by atoms with Crippen LogP contribution in [-0.2, 0) is 9.59 Å². The summed E-state index contributed by atoms with van der Waals surface area (Å²) in [4.78, 5) is 75.5. The lowest BCUT2D eigenvalue weighted by Gasteiger charge is -2.34. The molecule has 2 aromatic carbocycles. The largest absolute Gasteiger partial charge is 0.480 e. The first-order valence-corrected chi connectivity index (χ1v) is 8.89. The Morgan fingerprint density at radius 3 is 1.07 bits per heavy atom. The molecule has 0 radical (unpaired) electrons. The van der Waals surface area contributed by atoms with Crippen molar-refractivity contribution in [2.75, 3.05) is 0 Å². The van der Waals surface area contributed by atoms with Crippen molar-refractivity contribution in [3.8, 4) is 0 Å². The first kappa shape index (κ1) is 19.2. The molecule has 2 N–H and O–H groups in total. The minimum absolute atomic E-state index is 0.0152. The van der Waals surface area contributed by atoms with E-state index in [1.54, 1.807) is 0 Å². The van der Waals surface area contributed by atoms with Gasteiger partial charge >= 0.3 is 11.9 Å². The van der Waals surface area contributed by atoms with Gasteiger partial charge in [-0.25, -0.2) is 9.59 Å². The van der Waals surface area contributed by atoms with Crippen LogP contribution in [-0.4, -0.2) is 67.7 Å². The van der Waals surface area contributed by atoms with Gasteiger partial charge in [0, 0.05) is 33.0 Å². The second-order valence-corrected chi connectivity index (χ2v) is 7.06. The molecule has 2 heterocycles. The normalized spacial score (nSPS) is 17.4. The summed E-state index contributed by atoms with van der Waals surface area (Å²) in [6, 6.07) is 2.26. The topological polar surface area (TPSA) is 149 Å². The van der Waals surface area contributed by atoms with E-state index in [0.29, 0.717) is 9.80 Å². The van der Waals surface area contributed by atoms with E-state index in [9.17, 15) is 39.0 Å². The van der Waals surface area contributed by atoms with E-state index in [4.69, 9.17) is 0 Å². The van der Waals surface area contributed by atoms with E-state index in [0.717, 1.165) is 0 Å². The fourth-order valence-electron chi connectivity index (χ4n) is 3.84. The summed E-state index contributed by atoms with van der Waals surface area (Å²) < 4.78 is 0. The van der Waals surface area contributed by atoms with Gasteiger partial charge in [-0.15, -0.1) is 0 Å². The van der Waals surface area contributed by atoms with Crippen LogP contribution in [0.1, 0.15) is 55.3 Å². The highest BCUT2D eigenvalue weighted by atomic mass is 16.4. The molecule has 2 aliphatic heterocycles. The van der Waals surface area contributed by atoms with E-state index in [1.807, 2.05) is 0 Å². The molecule has 2 aromatic rings. The van der Waals surface area contributed by atoms with Gasteiger partial charge in [-0.05, 0) is 38.1 Å². The van der Waals surface area contributed by atoms with Gasteiger partial charge in [0.1, 0.15) is 12.1 Å². The molecule has 0 aromatic heterocycles. The van der Waals surface area contributed by atoms with E-state index in [2.05, 4.69) is 0 Å². The lowest BCUT2D eigenvalue weighted by molar-refractivity contribution is -0.141. The zero-order chi connectivity index (χ0) is 22.1. The monoisotopic (exact) mass is 410 g/mol. The summed E-state index contributed by atoms with van der Waals surface area (Å²) in [5, 5.41) is 18.7.